The second-order valence-corrected chi connectivity index (χ2v) is 5.33. The summed E-state index contributed by atoms with van der Waals surface area (Å²) >= 11 is 0. The third-order valence-electron chi connectivity index (χ3n) is 3.87. The van der Waals surface area contributed by atoms with Gasteiger partial charge in [-0.2, -0.15) is 0 Å². The topological polar surface area (TPSA) is 20.3 Å². The SMILES string of the molecule is CCCCN(C)CC1CC(CC)CCC1=O. The third kappa shape index (κ3) is 4.25. The molecule has 94 valence electrons. The normalized spacial score (nSPS) is 26.4. The summed E-state index contributed by atoms with van der Waals surface area (Å²) in [5.41, 5.74) is 0. The lowest BCUT2D eigenvalue weighted by Gasteiger charge is -2.30. The first-order valence-electron chi connectivity index (χ1n) is 6.88. The summed E-state index contributed by atoms with van der Waals surface area (Å²) in [4.78, 5) is 14.2. The largest absolute Gasteiger partial charge is 0.306 e. The van der Waals surface area contributed by atoms with Crippen molar-refractivity contribution in [2.24, 2.45) is 11.8 Å². The van der Waals surface area contributed by atoms with E-state index in [2.05, 4.69) is 25.8 Å². The van der Waals surface area contributed by atoms with Crippen LogP contribution in [0.5, 0.6) is 0 Å². The summed E-state index contributed by atoms with van der Waals surface area (Å²) < 4.78 is 0. The summed E-state index contributed by atoms with van der Waals surface area (Å²) in [6.45, 7) is 6.58. The second kappa shape index (κ2) is 7.05. The van der Waals surface area contributed by atoms with E-state index in [9.17, 15) is 4.79 Å². The number of nitrogens with zero attached hydrogens (tertiary/aromatic N) is 1. The highest BCUT2D eigenvalue weighted by Crippen LogP contribution is 2.29. The van der Waals surface area contributed by atoms with Gasteiger partial charge in [0.15, 0.2) is 0 Å². The number of carbonyl (C=O) groups excluding carboxylic acids is 1. The van der Waals surface area contributed by atoms with Gasteiger partial charge in [-0.25, -0.2) is 0 Å². The zero-order chi connectivity index (χ0) is 12.0. The lowest BCUT2D eigenvalue weighted by molar-refractivity contribution is -0.126. The Kier molecular flexibility index (Phi) is 6.04. The van der Waals surface area contributed by atoms with Crippen LogP contribution in [0.2, 0.25) is 0 Å². The van der Waals surface area contributed by atoms with Crippen molar-refractivity contribution in [3.8, 4) is 0 Å². The molecule has 0 amide bonds. The second-order valence-electron chi connectivity index (χ2n) is 5.33. The fourth-order valence-electron chi connectivity index (χ4n) is 2.64. The highest BCUT2D eigenvalue weighted by molar-refractivity contribution is 5.81. The molecule has 2 nitrogen and oxygen atoms in total. The van der Waals surface area contributed by atoms with Gasteiger partial charge in [0.2, 0.25) is 0 Å². The molecule has 0 heterocycles. The Labute approximate surface area is 100 Å². The predicted octanol–water partition coefficient (Wildman–Crippen LogP) is 3.11. The number of hydrogen-bond donors (Lipinski definition) is 0. The monoisotopic (exact) mass is 225 g/mol. The van der Waals surface area contributed by atoms with Crippen molar-refractivity contribution < 1.29 is 4.79 Å². The molecule has 2 atom stereocenters. The molecule has 0 saturated heterocycles. The molecule has 0 aromatic rings. The zero-order valence-corrected chi connectivity index (χ0v) is 11.2. The maximum Gasteiger partial charge on any atom is 0.137 e. The van der Waals surface area contributed by atoms with E-state index in [0.29, 0.717) is 11.7 Å². The van der Waals surface area contributed by atoms with Gasteiger partial charge in [-0.05, 0) is 38.8 Å². The molecule has 0 N–H and O–H groups in total. The van der Waals surface area contributed by atoms with Crippen LogP contribution in [0.15, 0.2) is 0 Å². The minimum absolute atomic E-state index is 0.320. The first kappa shape index (κ1) is 13.7. The molecule has 0 bridgehead atoms. The average molecular weight is 225 g/mol. The molecule has 16 heavy (non-hydrogen) atoms. The quantitative estimate of drug-likeness (QED) is 0.692. The number of carbonyl (C=O) groups is 1. The molecule has 2 heteroatoms. The molecule has 1 aliphatic carbocycles. The Morgan fingerprint density at radius 1 is 1.38 bits per heavy atom. The van der Waals surface area contributed by atoms with Gasteiger partial charge in [0.05, 0.1) is 0 Å². The highest BCUT2D eigenvalue weighted by atomic mass is 16.1. The number of rotatable bonds is 6. The molecule has 2 unspecified atom stereocenters. The fraction of sp³-hybridized carbons (Fsp3) is 0.929. The van der Waals surface area contributed by atoms with Gasteiger partial charge in [-0.15, -0.1) is 0 Å². The number of ketones is 1. The molecule has 0 spiro atoms. The smallest absolute Gasteiger partial charge is 0.137 e. The van der Waals surface area contributed by atoms with Gasteiger partial charge < -0.3 is 4.90 Å². The van der Waals surface area contributed by atoms with Crippen molar-refractivity contribution >= 4 is 5.78 Å². The van der Waals surface area contributed by atoms with Gasteiger partial charge in [0, 0.05) is 18.9 Å². The van der Waals surface area contributed by atoms with Crippen LogP contribution in [0.3, 0.4) is 0 Å². The van der Waals surface area contributed by atoms with E-state index >= 15 is 0 Å². The van der Waals surface area contributed by atoms with E-state index in [4.69, 9.17) is 0 Å². The van der Waals surface area contributed by atoms with Gasteiger partial charge in [-0.3, -0.25) is 4.79 Å². The minimum atomic E-state index is 0.320. The number of Topliss-reactive ketones (excluding diaryl/α,β-unsaturated/α-hetero) is 1. The van der Waals surface area contributed by atoms with Gasteiger partial charge in [-0.1, -0.05) is 26.7 Å². The molecule has 0 aliphatic heterocycles. The zero-order valence-electron chi connectivity index (χ0n) is 11.2. The minimum Gasteiger partial charge on any atom is -0.306 e. The molecule has 1 aliphatic rings. The Bertz CT molecular complexity index is 215. The highest BCUT2D eigenvalue weighted by Gasteiger charge is 2.28. The maximum atomic E-state index is 11.8. The Morgan fingerprint density at radius 2 is 2.12 bits per heavy atom. The summed E-state index contributed by atoms with van der Waals surface area (Å²) in [6.07, 6.45) is 6.80. The molecule has 0 aromatic carbocycles. The number of unbranched alkanes of at least 4 members (excludes halogenated alkanes) is 1. The van der Waals surface area contributed by atoms with Crippen LogP contribution in [0.4, 0.5) is 0 Å². The first-order valence-corrected chi connectivity index (χ1v) is 6.88. The van der Waals surface area contributed by atoms with Crippen LogP contribution < -0.4 is 0 Å². The van der Waals surface area contributed by atoms with Gasteiger partial charge in [0.25, 0.3) is 0 Å². The average Bonchev–Trinajstić information content (AvgIpc) is 2.29. The maximum absolute atomic E-state index is 11.8. The lowest BCUT2D eigenvalue weighted by Crippen LogP contribution is -2.35. The summed E-state index contributed by atoms with van der Waals surface area (Å²) in [6, 6.07) is 0. The van der Waals surface area contributed by atoms with E-state index in [1.54, 1.807) is 0 Å². The van der Waals surface area contributed by atoms with E-state index in [1.165, 1.54) is 19.3 Å². The fourth-order valence-corrected chi connectivity index (χ4v) is 2.64. The van der Waals surface area contributed by atoms with Crippen molar-refractivity contribution in [1.82, 2.24) is 4.90 Å². The van der Waals surface area contributed by atoms with E-state index in [1.807, 2.05) is 0 Å². The third-order valence-corrected chi connectivity index (χ3v) is 3.87. The molecular weight excluding hydrogens is 198 g/mol. The number of hydrogen-bond acceptors (Lipinski definition) is 2. The summed E-state index contributed by atoms with van der Waals surface area (Å²) in [7, 11) is 2.15. The standard InChI is InChI=1S/C14H27NO/c1-4-6-9-15(3)11-13-10-12(5-2)7-8-14(13)16/h12-13H,4-11H2,1-3H3. The van der Waals surface area contributed by atoms with Gasteiger partial charge in [0.1, 0.15) is 5.78 Å². The Balaban J connectivity index is 2.35. The van der Waals surface area contributed by atoms with Crippen LogP contribution in [-0.4, -0.2) is 30.8 Å². The Hall–Kier alpha value is -0.370. The van der Waals surface area contributed by atoms with Crippen LogP contribution in [0.25, 0.3) is 0 Å². The van der Waals surface area contributed by atoms with Crippen LogP contribution >= 0.6 is 0 Å². The summed E-state index contributed by atoms with van der Waals surface area (Å²) in [5.74, 6) is 1.62. The van der Waals surface area contributed by atoms with Crippen LogP contribution in [0, 0.1) is 11.8 Å². The van der Waals surface area contributed by atoms with Crippen LogP contribution in [0.1, 0.15) is 52.4 Å². The molecule has 1 fully saturated rings. The van der Waals surface area contributed by atoms with Gasteiger partial charge >= 0.3 is 0 Å². The molecule has 0 radical (unpaired) electrons. The molecule has 1 rings (SSSR count). The predicted molar refractivity (Wildman–Crippen MR) is 68.5 cm³/mol. The lowest BCUT2D eigenvalue weighted by atomic mass is 9.79. The molecule has 1 saturated carbocycles. The van der Waals surface area contributed by atoms with E-state index in [0.717, 1.165) is 38.3 Å². The van der Waals surface area contributed by atoms with Crippen molar-refractivity contribution in [3.05, 3.63) is 0 Å². The van der Waals surface area contributed by atoms with Crippen molar-refractivity contribution in [2.75, 3.05) is 20.1 Å². The van der Waals surface area contributed by atoms with Crippen molar-refractivity contribution in [3.63, 3.8) is 0 Å². The summed E-state index contributed by atoms with van der Waals surface area (Å²) in [5, 5.41) is 0. The van der Waals surface area contributed by atoms with Crippen LogP contribution in [-0.2, 0) is 4.79 Å². The first-order chi connectivity index (χ1) is 7.67. The Morgan fingerprint density at radius 3 is 2.75 bits per heavy atom. The van der Waals surface area contributed by atoms with E-state index in [-0.39, 0.29) is 0 Å². The molecule has 0 aromatic heterocycles. The molecular formula is C14H27NO. The van der Waals surface area contributed by atoms with Crippen molar-refractivity contribution in [2.45, 2.75) is 52.4 Å². The van der Waals surface area contributed by atoms with Crippen molar-refractivity contribution in [1.29, 1.82) is 0 Å². The van der Waals surface area contributed by atoms with E-state index < -0.39 is 0 Å².